The number of thiophene rings is 1. The first-order valence-electron chi connectivity index (χ1n) is 11.8. The first kappa shape index (κ1) is 24.4. The second-order valence-electron chi connectivity index (χ2n) is 9.68. The summed E-state index contributed by atoms with van der Waals surface area (Å²) in [4.78, 5) is 37.0. The van der Waals surface area contributed by atoms with Crippen LogP contribution >= 0.6 is 11.3 Å². The second-order valence-corrected chi connectivity index (χ2v) is 10.8. The van der Waals surface area contributed by atoms with Crippen molar-refractivity contribution in [2.75, 3.05) is 18.4 Å². The molecule has 1 fully saturated rings. The van der Waals surface area contributed by atoms with Gasteiger partial charge in [-0.3, -0.25) is 20.0 Å². The number of fused-ring (bicyclic) bond motifs is 1. The number of H-pyrrole nitrogens is 1. The number of anilines is 1. The lowest BCUT2D eigenvalue weighted by Gasteiger charge is -2.40. The highest BCUT2D eigenvalue weighted by molar-refractivity contribution is 7.17. The lowest BCUT2D eigenvalue weighted by molar-refractivity contribution is -0.133. The molecular weight excluding hydrogens is 488 g/mol. The Morgan fingerprint density at radius 2 is 2.08 bits per heavy atom. The fourth-order valence-electron chi connectivity index (χ4n) is 4.29. The van der Waals surface area contributed by atoms with Crippen molar-refractivity contribution in [2.24, 2.45) is 11.7 Å². The summed E-state index contributed by atoms with van der Waals surface area (Å²) in [7, 11) is 0. The number of carbonyl (C=O) groups excluding carboxylic acids is 2. The monoisotopic (exact) mass is 514 g/mol. The summed E-state index contributed by atoms with van der Waals surface area (Å²) in [6.45, 7) is 12.5. The molecule has 188 valence electrons. The van der Waals surface area contributed by atoms with Gasteiger partial charge in [-0.2, -0.15) is 5.10 Å². The van der Waals surface area contributed by atoms with Crippen molar-refractivity contribution in [3.63, 3.8) is 0 Å². The van der Waals surface area contributed by atoms with Gasteiger partial charge in [-0.15, -0.1) is 11.3 Å². The Kier molecular flexibility index (Phi) is 6.37. The third-order valence-electron chi connectivity index (χ3n) is 6.03. The van der Waals surface area contributed by atoms with E-state index in [0.29, 0.717) is 30.5 Å². The van der Waals surface area contributed by atoms with E-state index in [-0.39, 0.29) is 23.4 Å². The summed E-state index contributed by atoms with van der Waals surface area (Å²) in [5.41, 5.74) is 7.86. The van der Waals surface area contributed by atoms with Gasteiger partial charge in [0.1, 0.15) is 0 Å². The molecule has 1 aromatic carbocycles. The van der Waals surface area contributed by atoms with Crippen molar-refractivity contribution >= 4 is 40.1 Å². The number of imidazole rings is 1. The molecule has 4 aromatic rings. The number of hydrogen-bond acceptors (Lipinski definition) is 6. The van der Waals surface area contributed by atoms with Gasteiger partial charge in [0.05, 0.1) is 28.7 Å². The number of nitrogens with two attached hydrogens (primary N) is 1. The zero-order valence-electron chi connectivity index (χ0n) is 20.4. The number of para-hydroxylation sites is 2. The van der Waals surface area contributed by atoms with Crippen molar-refractivity contribution in [1.29, 1.82) is 0 Å². The Balaban J connectivity index is 1.31. The van der Waals surface area contributed by atoms with Gasteiger partial charge in [0, 0.05) is 47.7 Å². The number of aromatic nitrogens is 4. The normalized spacial score (nSPS) is 14.4. The summed E-state index contributed by atoms with van der Waals surface area (Å²) in [6, 6.07) is 11.4. The van der Waals surface area contributed by atoms with Crippen LogP contribution in [0.15, 0.2) is 60.6 Å². The zero-order chi connectivity index (χ0) is 26.2. The molecule has 0 saturated carbocycles. The fourth-order valence-corrected chi connectivity index (χ4v) is 5.17. The summed E-state index contributed by atoms with van der Waals surface area (Å²) < 4.78 is 1.99. The third-order valence-corrected chi connectivity index (χ3v) is 7.16. The van der Waals surface area contributed by atoms with Crippen LogP contribution in [0.2, 0.25) is 0 Å². The summed E-state index contributed by atoms with van der Waals surface area (Å²) in [5, 5.41) is 9.72. The Morgan fingerprint density at radius 1 is 1.30 bits per heavy atom. The van der Waals surface area contributed by atoms with Crippen LogP contribution in [0, 0.1) is 12.5 Å². The van der Waals surface area contributed by atoms with Gasteiger partial charge in [-0.05, 0) is 38.1 Å². The van der Waals surface area contributed by atoms with Crippen LogP contribution in [0.3, 0.4) is 0 Å². The van der Waals surface area contributed by atoms with Gasteiger partial charge < -0.3 is 15.2 Å². The third kappa shape index (κ3) is 5.16. The Morgan fingerprint density at radius 3 is 2.78 bits per heavy atom. The highest BCUT2D eigenvalue weighted by atomic mass is 32.1. The van der Waals surface area contributed by atoms with Crippen LogP contribution in [0.25, 0.3) is 26.3 Å². The predicted molar refractivity (Wildman–Crippen MR) is 143 cm³/mol. The molecule has 0 spiro atoms. The molecule has 0 radical (unpaired) electrons. The van der Waals surface area contributed by atoms with Gasteiger partial charge in [0.2, 0.25) is 11.6 Å². The van der Waals surface area contributed by atoms with E-state index >= 15 is 0 Å². The van der Waals surface area contributed by atoms with E-state index in [0.717, 1.165) is 21.5 Å². The maximum absolute atomic E-state index is 13.1. The number of aromatic amines is 1. The first-order chi connectivity index (χ1) is 17.7. The Hall–Kier alpha value is -4.27. The number of carbonyl (C=O) groups is 2. The number of amides is 2. The first-order valence-corrected chi connectivity index (χ1v) is 12.6. The average molecular weight is 515 g/mol. The van der Waals surface area contributed by atoms with Crippen LogP contribution in [-0.2, 0) is 11.3 Å². The molecule has 1 aliphatic heterocycles. The highest BCUT2D eigenvalue weighted by Gasteiger charge is 2.34. The van der Waals surface area contributed by atoms with Gasteiger partial charge in [0.25, 0.3) is 11.8 Å². The van der Waals surface area contributed by atoms with E-state index in [2.05, 4.69) is 25.3 Å². The Labute approximate surface area is 217 Å². The second kappa shape index (κ2) is 9.65. The van der Waals surface area contributed by atoms with Crippen molar-refractivity contribution in [1.82, 2.24) is 24.6 Å². The smallest absolute Gasteiger partial charge is 0.268 e. The molecule has 0 unspecified atom stereocenters. The largest absolute Gasteiger partial charge is 0.347 e. The lowest BCUT2D eigenvalue weighted by atomic mass is 9.98. The maximum Gasteiger partial charge on any atom is 0.268 e. The minimum absolute atomic E-state index is 0.0396. The molecule has 0 atom stereocenters. The number of benzene rings is 1. The molecule has 11 heteroatoms. The molecule has 2 amide bonds. The van der Waals surface area contributed by atoms with Crippen LogP contribution in [0.5, 0.6) is 0 Å². The SMILES string of the molecule is [C-]#[N+]C(=CC(C)(C)N)C(=O)N1CC(Cn2c(NC(=O)c3ccc(-c4cn[nH]c4)s3)nc3ccccc32)C1. The average Bonchev–Trinajstić information content (AvgIpc) is 3.58. The minimum Gasteiger partial charge on any atom is -0.347 e. The van der Waals surface area contributed by atoms with E-state index in [4.69, 9.17) is 12.3 Å². The zero-order valence-corrected chi connectivity index (χ0v) is 21.2. The molecule has 1 saturated heterocycles. The van der Waals surface area contributed by atoms with E-state index in [1.165, 1.54) is 17.4 Å². The highest BCUT2D eigenvalue weighted by Crippen LogP contribution is 2.29. The molecule has 3 aromatic heterocycles. The minimum atomic E-state index is -0.746. The summed E-state index contributed by atoms with van der Waals surface area (Å²) >= 11 is 1.38. The van der Waals surface area contributed by atoms with Crippen molar-refractivity contribution < 1.29 is 9.59 Å². The van der Waals surface area contributed by atoms with Crippen molar-refractivity contribution in [2.45, 2.75) is 25.9 Å². The molecule has 37 heavy (non-hydrogen) atoms. The summed E-state index contributed by atoms with van der Waals surface area (Å²) in [5.74, 6) is 0.0724. The van der Waals surface area contributed by atoms with Gasteiger partial charge in [-0.25, -0.2) is 9.83 Å². The van der Waals surface area contributed by atoms with Crippen LogP contribution in [0.1, 0.15) is 23.5 Å². The molecule has 0 aliphatic carbocycles. The van der Waals surface area contributed by atoms with Crippen LogP contribution < -0.4 is 11.1 Å². The quantitative estimate of drug-likeness (QED) is 0.256. The Bertz CT molecular complexity index is 1530. The number of rotatable bonds is 7. The molecule has 1 aliphatic rings. The molecule has 4 N–H and O–H groups in total. The molecule has 10 nitrogen and oxygen atoms in total. The molecular formula is C26H26N8O2S. The number of nitrogens with one attached hydrogen (secondary N) is 2. The van der Waals surface area contributed by atoms with E-state index in [1.54, 1.807) is 37.2 Å². The van der Waals surface area contributed by atoms with Gasteiger partial charge in [-0.1, -0.05) is 18.2 Å². The molecule has 4 heterocycles. The predicted octanol–water partition coefficient (Wildman–Crippen LogP) is 3.74. The molecule has 0 bridgehead atoms. The standard InChI is InChI=1S/C26H26N8O2S/c1-26(2,27)10-19(28-3)24(36)33-13-16(14-33)15-34-20-7-5-4-6-18(20)31-25(34)32-23(35)22-9-8-21(37-22)17-11-29-30-12-17/h4-12,16H,13-15,27H2,1-2H3,(H,29,30)(H,31,32,35). The van der Waals surface area contributed by atoms with Crippen LogP contribution in [-0.4, -0.2) is 55.1 Å². The van der Waals surface area contributed by atoms with E-state index in [1.807, 2.05) is 34.9 Å². The van der Waals surface area contributed by atoms with Gasteiger partial charge >= 0.3 is 0 Å². The fraction of sp³-hybridized carbons (Fsp3) is 0.269. The number of hydrogen-bond donors (Lipinski definition) is 3. The molecule has 5 rings (SSSR count). The van der Waals surface area contributed by atoms with E-state index < -0.39 is 5.54 Å². The lowest BCUT2D eigenvalue weighted by Crippen LogP contribution is -2.52. The van der Waals surface area contributed by atoms with Gasteiger partial charge in [0.15, 0.2) is 0 Å². The summed E-state index contributed by atoms with van der Waals surface area (Å²) in [6.07, 6.45) is 5.01. The van der Waals surface area contributed by atoms with Crippen LogP contribution in [0.4, 0.5) is 5.95 Å². The van der Waals surface area contributed by atoms with Crippen molar-refractivity contribution in [3.05, 3.63) is 76.9 Å². The maximum atomic E-state index is 13.1. The number of nitrogens with zero attached hydrogens (tertiary/aromatic N) is 5. The van der Waals surface area contributed by atoms with E-state index in [9.17, 15) is 9.59 Å². The number of likely N-dealkylation sites (tertiary alicyclic amines) is 1. The topological polar surface area (TPSA) is 126 Å². The van der Waals surface area contributed by atoms with Crippen molar-refractivity contribution in [3.8, 4) is 10.4 Å².